The number of ketones is 1. The van der Waals surface area contributed by atoms with Crippen molar-refractivity contribution in [1.29, 1.82) is 0 Å². The molecule has 32 heavy (non-hydrogen) atoms. The molecular formula is C26H23ClFNO3. The fourth-order valence-corrected chi connectivity index (χ4v) is 4.56. The van der Waals surface area contributed by atoms with Crippen LogP contribution in [0, 0.1) is 11.7 Å². The van der Waals surface area contributed by atoms with E-state index in [1.165, 1.54) is 12.1 Å². The third kappa shape index (κ3) is 4.31. The Morgan fingerprint density at radius 2 is 1.66 bits per heavy atom. The van der Waals surface area contributed by atoms with Crippen LogP contribution < -0.4 is 10.5 Å². The summed E-state index contributed by atoms with van der Waals surface area (Å²) < 4.78 is 19.3. The first-order chi connectivity index (χ1) is 15.4. The van der Waals surface area contributed by atoms with E-state index in [-0.39, 0.29) is 18.1 Å². The normalized spacial score (nSPS) is 22.3. The zero-order valence-corrected chi connectivity index (χ0v) is 18.1. The van der Waals surface area contributed by atoms with Crippen molar-refractivity contribution in [2.45, 2.75) is 30.9 Å². The number of benzene rings is 3. The van der Waals surface area contributed by atoms with Gasteiger partial charge in [0.1, 0.15) is 23.7 Å². The monoisotopic (exact) mass is 451 g/mol. The molecule has 0 spiro atoms. The van der Waals surface area contributed by atoms with Crippen molar-refractivity contribution < 1.29 is 18.7 Å². The van der Waals surface area contributed by atoms with Crippen LogP contribution in [0.4, 0.5) is 4.39 Å². The predicted octanol–water partition coefficient (Wildman–Crippen LogP) is 5.09. The van der Waals surface area contributed by atoms with Gasteiger partial charge in [-0.25, -0.2) is 4.39 Å². The second-order valence-corrected chi connectivity index (χ2v) is 8.48. The maximum absolute atomic E-state index is 13.4. The molecule has 2 N–H and O–H groups in total. The maximum atomic E-state index is 13.4. The van der Waals surface area contributed by atoms with E-state index in [2.05, 4.69) is 0 Å². The van der Waals surface area contributed by atoms with E-state index in [1.54, 1.807) is 12.1 Å². The standard InChI is InChI=1S/C26H23ClFNO3/c27-23(30)15-14-22-24(26(29,25(22)31)19-8-10-20(28)11-9-19)18-6-12-21(13-7-18)32-16-17-4-2-1-3-5-17/h1-13,22,24H,14-16,29H2/t22-,24-,26?/m1/s1. The number of hydrogen-bond donors (Lipinski definition) is 1. The van der Waals surface area contributed by atoms with Gasteiger partial charge in [-0.05, 0) is 59.0 Å². The molecule has 1 fully saturated rings. The SMILES string of the molecule is NC1(c2ccc(F)cc2)C(=O)[C@H](CCC(=O)Cl)[C@H]1c1ccc(OCc2ccccc2)cc1. The van der Waals surface area contributed by atoms with Crippen molar-refractivity contribution in [1.82, 2.24) is 0 Å². The number of ether oxygens (including phenoxy) is 1. The van der Waals surface area contributed by atoms with Crippen LogP contribution in [0.5, 0.6) is 5.75 Å². The van der Waals surface area contributed by atoms with Crippen molar-refractivity contribution in [3.05, 3.63) is 101 Å². The molecule has 0 bridgehead atoms. The Hall–Kier alpha value is -3.02. The van der Waals surface area contributed by atoms with Crippen LogP contribution in [-0.4, -0.2) is 11.0 Å². The highest BCUT2D eigenvalue weighted by atomic mass is 35.5. The number of nitrogens with two attached hydrogens (primary N) is 1. The van der Waals surface area contributed by atoms with E-state index in [4.69, 9.17) is 22.1 Å². The summed E-state index contributed by atoms with van der Waals surface area (Å²) in [6, 6.07) is 23.0. The van der Waals surface area contributed by atoms with Gasteiger partial charge >= 0.3 is 0 Å². The maximum Gasteiger partial charge on any atom is 0.221 e. The van der Waals surface area contributed by atoms with Gasteiger partial charge in [-0.3, -0.25) is 9.59 Å². The van der Waals surface area contributed by atoms with E-state index in [0.717, 1.165) is 11.1 Å². The lowest BCUT2D eigenvalue weighted by molar-refractivity contribution is -0.142. The van der Waals surface area contributed by atoms with Gasteiger partial charge in [0.15, 0.2) is 5.78 Å². The van der Waals surface area contributed by atoms with Gasteiger partial charge in [-0.1, -0.05) is 54.6 Å². The van der Waals surface area contributed by atoms with Crippen LogP contribution in [0.2, 0.25) is 0 Å². The number of carbonyl (C=O) groups excluding carboxylic acids is 2. The van der Waals surface area contributed by atoms with E-state index in [9.17, 15) is 14.0 Å². The highest BCUT2D eigenvalue weighted by Crippen LogP contribution is 2.54. The average molecular weight is 452 g/mol. The average Bonchev–Trinajstić information content (AvgIpc) is 2.81. The Kier molecular flexibility index (Phi) is 6.40. The summed E-state index contributed by atoms with van der Waals surface area (Å²) >= 11 is 5.52. The molecular weight excluding hydrogens is 429 g/mol. The number of Topliss-reactive ketones (excluding diaryl/α,β-unsaturated/α-hetero) is 1. The third-order valence-corrected chi connectivity index (χ3v) is 6.29. The van der Waals surface area contributed by atoms with Gasteiger partial charge in [0, 0.05) is 18.3 Å². The summed E-state index contributed by atoms with van der Waals surface area (Å²) in [6.07, 6.45) is 0.407. The first-order valence-electron chi connectivity index (χ1n) is 10.4. The Bertz CT molecular complexity index is 1100. The minimum Gasteiger partial charge on any atom is -0.489 e. The molecule has 1 unspecified atom stereocenters. The molecule has 1 saturated carbocycles. The van der Waals surface area contributed by atoms with Crippen LogP contribution in [-0.2, 0) is 21.7 Å². The predicted molar refractivity (Wildman–Crippen MR) is 121 cm³/mol. The van der Waals surface area contributed by atoms with Crippen molar-refractivity contribution in [3.8, 4) is 5.75 Å². The van der Waals surface area contributed by atoms with E-state index >= 15 is 0 Å². The quantitative estimate of drug-likeness (QED) is 0.484. The van der Waals surface area contributed by atoms with Crippen LogP contribution in [0.15, 0.2) is 78.9 Å². The fourth-order valence-electron chi connectivity index (χ4n) is 4.45. The molecule has 6 heteroatoms. The number of carbonyl (C=O) groups is 2. The largest absolute Gasteiger partial charge is 0.489 e. The summed E-state index contributed by atoms with van der Waals surface area (Å²) in [4.78, 5) is 24.4. The van der Waals surface area contributed by atoms with Gasteiger partial charge in [0.2, 0.25) is 5.24 Å². The lowest BCUT2D eigenvalue weighted by Crippen LogP contribution is -2.64. The van der Waals surface area contributed by atoms with E-state index in [1.807, 2.05) is 54.6 Å². The second kappa shape index (κ2) is 9.23. The van der Waals surface area contributed by atoms with Crippen molar-refractivity contribution >= 4 is 22.6 Å². The lowest BCUT2D eigenvalue weighted by Gasteiger charge is -2.52. The van der Waals surface area contributed by atoms with E-state index in [0.29, 0.717) is 24.3 Å². The molecule has 0 aliphatic heterocycles. The first kappa shape index (κ1) is 22.2. The molecule has 164 valence electrons. The van der Waals surface area contributed by atoms with Gasteiger partial charge in [-0.15, -0.1) is 0 Å². The van der Waals surface area contributed by atoms with Crippen LogP contribution >= 0.6 is 11.6 Å². The Morgan fingerprint density at radius 1 is 1.00 bits per heavy atom. The van der Waals surface area contributed by atoms with Crippen LogP contribution in [0.3, 0.4) is 0 Å². The Labute approximate surface area is 191 Å². The molecule has 1 aliphatic carbocycles. The lowest BCUT2D eigenvalue weighted by atomic mass is 9.52. The fraction of sp³-hybridized carbons (Fsp3) is 0.231. The molecule has 0 aromatic heterocycles. The minimum absolute atomic E-state index is 0.0895. The van der Waals surface area contributed by atoms with E-state index < -0.39 is 22.5 Å². The summed E-state index contributed by atoms with van der Waals surface area (Å²) in [6.45, 7) is 0.443. The summed E-state index contributed by atoms with van der Waals surface area (Å²) in [5, 5.41) is -0.488. The van der Waals surface area contributed by atoms with Crippen molar-refractivity contribution in [3.63, 3.8) is 0 Å². The molecule has 3 aromatic rings. The van der Waals surface area contributed by atoms with Gasteiger partial charge in [0.05, 0.1) is 0 Å². The molecule has 0 saturated heterocycles. The number of halogens is 2. The molecule has 0 amide bonds. The highest BCUT2D eigenvalue weighted by Gasteiger charge is 2.60. The van der Waals surface area contributed by atoms with Gasteiger partial charge in [0.25, 0.3) is 0 Å². The molecule has 4 rings (SSSR count). The second-order valence-electron chi connectivity index (χ2n) is 8.06. The number of rotatable bonds is 8. The van der Waals surface area contributed by atoms with Crippen LogP contribution in [0.1, 0.15) is 35.4 Å². The van der Waals surface area contributed by atoms with Gasteiger partial charge in [-0.2, -0.15) is 0 Å². The van der Waals surface area contributed by atoms with Gasteiger partial charge < -0.3 is 10.5 Å². The first-order valence-corrected chi connectivity index (χ1v) is 10.8. The Balaban J connectivity index is 1.58. The zero-order valence-electron chi connectivity index (χ0n) is 17.3. The summed E-state index contributed by atoms with van der Waals surface area (Å²) in [5.41, 5.74) is 7.82. The highest BCUT2D eigenvalue weighted by molar-refractivity contribution is 6.63. The molecule has 1 aliphatic rings. The molecule has 3 aromatic carbocycles. The molecule has 4 nitrogen and oxygen atoms in total. The van der Waals surface area contributed by atoms with Crippen molar-refractivity contribution in [2.75, 3.05) is 0 Å². The summed E-state index contributed by atoms with van der Waals surface area (Å²) in [7, 11) is 0. The molecule has 0 heterocycles. The topological polar surface area (TPSA) is 69.4 Å². The third-order valence-electron chi connectivity index (χ3n) is 6.10. The number of hydrogen-bond acceptors (Lipinski definition) is 4. The smallest absolute Gasteiger partial charge is 0.221 e. The summed E-state index contributed by atoms with van der Waals surface area (Å²) in [5.74, 6) is -0.676. The molecule has 0 radical (unpaired) electrons. The van der Waals surface area contributed by atoms with Crippen LogP contribution in [0.25, 0.3) is 0 Å². The minimum atomic E-state index is -1.29. The van der Waals surface area contributed by atoms with Crippen molar-refractivity contribution in [2.24, 2.45) is 11.7 Å². The Morgan fingerprint density at radius 3 is 2.28 bits per heavy atom. The zero-order chi connectivity index (χ0) is 22.7. The molecule has 3 atom stereocenters.